The number of carbonyl (C=O) groups excluding carboxylic acids is 1. The van der Waals surface area contributed by atoms with Crippen LogP contribution in [0.1, 0.15) is 44.0 Å². The summed E-state index contributed by atoms with van der Waals surface area (Å²) in [5.41, 5.74) is 0. The Hall–Kier alpha value is -1.60. The summed E-state index contributed by atoms with van der Waals surface area (Å²) in [5.74, 6) is -0.508. The van der Waals surface area contributed by atoms with Gasteiger partial charge >= 0.3 is 6.18 Å². The van der Waals surface area contributed by atoms with Crippen molar-refractivity contribution < 1.29 is 22.4 Å². The number of nitrogens with zero attached hydrogens (tertiary/aromatic N) is 3. The molecule has 0 aliphatic carbocycles. The van der Waals surface area contributed by atoms with Gasteiger partial charge in [0.1, 0.15) is 12.5 Å². The van der Waals surface area contributed by atoms with Crippen molar-refractivity contribution in [3.8, 4) is 0 Å². The van der Waals surface area contributed by atoms with E-state index in [1.165, 1.54) is 6.92 Å². The van der Waals surface area contributed by atoms with Crippen LogP contribution in [0.2, 0.25) is 0 Å². The molecule has 0 radical (unpaired) electrons. The number of likely N-dealkylation sites (tertiary alicyclic amines) is 1. The van der Waals surface area contributed by atoms with Crippen LogP contribution in [0.15, 0.2) is 4.42 Å². The van der Waals surface area contributed by atoms with Crippen LogP contribution in [0.25, 0.3) is 0 Å². The molecule has 106 valence electrons. The van der Waals surface area contributed by atoms with Crippen LogP contribution in [0, 0.1) is 0 Å². The minimum absolute atomic E-state index is 0.0918. The maximum Gasteiger partial charge on any atom is 0.397 e. The molecule has 1 saturated heterocycles. The van der Waals surface area contributed by atoms with Gasteiger partial charge in [-0.3, -0.25) is 4.79 Å². The molecule has 1 aliphatic heterocycles. The summed E-state index contributed by atoms with van der Waals surface area (Å²) in [5, 5.41) is 7.04. The fourth-order valence-corrected chi connectivity index (χ4v) is 2.21. The number of carbonyl (C=O) groups is 1. The molecule has 1 aromatic rings. The van der Waals surface area contributed by atoms with Crippen molar-refractivity contribution in [2.75, 3.05) is 6.54 Å². The molecule has 0 spiro atoms. The highest BCUT2D eigenvalue weighted by atomic mass is 19.4. The first-order chi connectivity index (χ1) is 8.87. The Kier molecular flexibility index (Phi) is 3.77. The highest BCUT2D eigenvalue weighted by molar-refractivity contribution is 5.73. The predicted molar refractivity (Wildman–Crippen MR) is 58.0 cm³/mol. The second-order valence-electron chi connectivity index (χ2n) is 4.55. The van der Waals surface area contributed by atoms with Crippen molar-refractivity contribution in [3.63, 3.8) is 0 Å². The SMILES string of the molecule is CC(=O)N1CCCCC1c1nnc(CC(F)(F)F)o1. The number of piperidine rings is 1. The van der Waals surface area contributed by atoms with Crippen molar-refractivity contribution in [1.29, 1.82) is 0 Å². The topological polar surface area (TPSA) is 59.2 Å². The first kappa shape index (κ1) is 13.8. The lowest BCUT2D eigenvalue weighted by Gasteiger charge is -2.32. The molecule has 0 N–H and O–H groups in total. The van der Waals surface area contributed by atoms with Crippen molar-refractivity contribution in [2.24, 2.45) is 0 Å². The maximum absolute atomic E-state index is 12.2. The number of halogens is 3. The normalized spacial score (nSPS) is 20.6. The van der Waals surface area contributed by atoms with Gasteiger partial charge in [0.05, 0.1) is 0 Å². The molecule has 0 saturated carbocycles. The summed E-state index contributed by atoms with van der Waals surface area (Å²) < 4.78 is 41.7. The molecular weight excluding hydrogens is 263 g/mol. The zero-order valence-electron chi connectivity index (χ0n) is 10.4. The van der Waals surface area contributed by atoms with Gasteiger partial charge in [-0.2, -0.15) is 13.2 Å². The van der Waals surface area contributed by atoms with Gasteiger partial charge in [0.15, 0.2) is 0 Å². The Labute approximate surface area is 107 Å². The smallest absolute Gasteiger partial charge is 0.397 e. The van der Waals surface area contributed by atoms with Gasteiger partial charge < -0.3 is 9.32 Å². The zero-order valence-corrected chi connectivity index (χ0v) is 10.4. The van der Waals surface area contributed by atoms with E-state index in [0.717, 1.165) is 12.8 Å². The molecule has 1 aliphatic rings. The number of hydrogen-bond donors (Lipinski definition) is 0. The Morgan fingerprint density at radius 1 is 1.42 bits per heavy atom. The van der Waals surface area contributed by atoms with Crippen molar-refractivity contribution >= 4 is 5.91 Å². The lowest BCUT2D eigenvalue weighted by Crippen LogP contribution is -2.37. The summed E-state index contributed by atoms with van der Waals surface area (Å²) in [6.07, 6.45) is -3.23. The standard InChI is InChI=1S/C11H14F3N3O2/c1-7(18)17-5-3-2-4-8(17)10-16-15-9(19-10)6-11(12,13)14/h8H,2-6H2,1H3. The second kappa shape index (κ2) is 5.18. The molecule has 1 amide bonds. The average Bonchev–Trinajstić information content (AvgIpc) is 2.75. The number of hydrogen-bond acceptors (Lipinski definition) is 4. The van der Waals surface area contributed by atoms with Gasteiger partial charge in [-0.05, 0) is 19.3 Å². The minimum Gasteiger partial charge on any atom is -0.423 e. The molecular formula is C11H14F3N3O2. The van der Waals surface area contributed by atoms with Gasteiger partial charge in [-0.25, -0.2) is 0 Å². The zero-order chi connectivity index (χ0) is 14.0. The molecule has 2 heterocycles. The molecule has 0 aromatic carbocycles. The molecule has 1 unspecified atom stereocenters. The molecule has 5 nitrogen and oxygen atoms in total. The van der Waals surface area contributed by atoms with Crippen LogP contribution in [-0.4, -0.2) is 33.7 Å². The molecule has 8 heteroatoms. The van der Waals surface area contributed by atoms with Crippen LogP contribution in [0.3, 0.4) is 0 Å². The second-order valence-corrected chi connectivity index (χ2v) is 4.55. The lowest BCUT2D eigenvalue weighted by molar-refractivity contribution is -0.134. The quantitative estimate of drug-likeness (QED) is 0.832. The van der Waals surface area contributed by atoms with Crippen LogP contribution < -0.4 is 0 Å². The Morgan fingerprint density at radius 2 is 2.16 bits per heavy atom. The predicted octanol–water partition coefficient (Wildman–Crippen LogP) is 2.25. The van der Waals surface area contributed by atoms with E-state index in [-0.39, 0.29) is 11.8 Å². The maximum atomic E-state index is 12.2. The summed E-state index contributed by atoms with van der Waals surface area (Å²) in [6, 6.07) is -0.402. The van der Waals surface area contributed by atoms with E-state index < -0.39 is 24.5 Å². The third-order valence-corrected chi connectivity index (χ3v) is 3.03. The van der Waals surface area contributed by atoms with Crippen LogP contribution in [0.5, 0.6) is 0 Å². The lowest BCUT2D eigenvalue weighted by atomic mass is 10.0. The van der Waals surface area contributed by atoms with Crippen molar-refractivity contribution in [1.82, 2.24) is 15.1 Å². The van der Waals surface area contributed by atoms with Crippen molar-refractivity contribution in [3.05, 3.63) is 11.8 Å². The number of aromatic nitrogens is 2. The number of rotatable bonds is 2. The van der Waals surface area contributed by atoms with Gasteiger partial charge in [-0.15, -0.1) is 10.2 Å². The van der Waals surface area contributed by atoms with Crippen molar-refractivity contribution in [2.45, 2.75) is 44.8 Å². The fraction of sp³-hybridized carbons (Fsp3) is 0.727. The molecule has 1 aromatic heterocycles. The van der Waals surface area contributed by atoms with E-state index >= 15 is 0 Å². The summed E-state index contributed by atoms with van der Waals surface area (Å²) in [6.45, 7) is 1.99. The minimum atomic E-state index is -4.38. The highest BCUT2D eigenvalue weighted by Gasteiger charge is 2.34. The molecule has 0 bridgehead atoms. The van der Waals surface area contributed by atoms with E-state index in [2.05, 4.69) is 10.2 Å². The Morgan fingerprint density at radius 3 is 2.79 bits per heavy atom. The first-order valence-electron chi connectivity index (χ1n) is 6.03. The summed E-state index contributed by atoms with van der Waals surface area (Å²) in [7, 11) is 0. The number of amides is 1. The van der Waals surface area contributed by atoms with Gasteiger partial charge in [0, 0.05) is 13.5 Å². The fourth-order valence-electron chi connectivity index (χ4n) is 2.21. The van der Waals surface area contributed by atoms with E-state index in [0.29, 0.717) is 13.0 Å². The molecule has 1 atom stereocenters. The first-order valence-corrected chi connectivity index (χ1v) is 6.03. The summed E-state index contributed by atoms with van der Waals surface area (Å²) >= 11 is 0. The molecule has 19 heavy (non-hydrogen) atoms. The Balaban J connectivity index is 2.14. The van der Waals surface area contributed by atoms with Gasteiger partial charge in [-0.1, -0.05) is 0 Å². The van der Waals surface area contributed by atoms with Gasteiger partial charge in [0.2, 0.25) is 17.7 Å². The number of alkyl halides is 3. The van der Waals surface area contributed by atoms with E-state index in [9.17, 15) is 18.0 Å². The molecule has 1 fully saturated rings. The highest BCUT2D eigenvalue weighted by Crippen LogP contribution is 2.31. The van der Waals surface area contributed by atoms with Crippen LogP contribution in [-0.2, 0) is 11.2 Å². The van der Waals surface area contributed by atoms with Crippen LogP contribution >= 0.6 is 0 Å². The van der Waals surface area contributed by atoms with Gasteiger partial charge in [0.25, 0.3) is 0 Å². The van der Waals surface area contributed by atoms with Crippen LogP contribution in [0.4, 0.5) is 13.2 Å². The Bertz CT molecular complexity index is 458. The third kappa shape index (κ3) is 3.45. The third-order valence-electron chi connectivity index (χ3n) is 3.03. The van der Waals surface area contributed by atoms with E-state index in [1.807, 2.05) is 0 Å². The summed E-state index contributed by atoms with van der Waals surface area (Å²) in [4.78, 5) is 13.0. The monoisotopic (exact) mass is 277 g/mol. The van der Waals surface area contributed by atoms with E-state index in [1.54, 1.807) is 4.90 Å². The van der Waals surface area contributed by atoms with E-state index in [4.69, 9.17) is 4.42 Å². The largest absolute Gasteiger partial charge is 0.423 e. The molecule has 2 rings (SSSR count). The average molecular weight is 277 g/mol.